The summed E-state index contributed by atoms with van der Waals surface area (Å²) in [6.07, 6.45) is 1.30. The molecular formula is C15H22N2O4S. The number of urea groups is 1. The van der Waals surface area contributed by atoms with Crippen LogP contribution in [0.1, 0.15) is 12.0 Å². The van der Waals surface area contributed by atoms with E-state index in [0.29, 0.717) is 25.9 Å². The molecule has 2 N–H and O–H groups in total. The number of benzene rings is 1. The van der Waals surface area contributed by atoms with Crippen LogP contribution in [0.25, 0.3) is 0 Å². The highest BCUT2D eigenvalue weighted by Gasteiger charge is 2.27. The lowest BCUT2D eigenvalue weighted by Gasteiger charge is -2.12. The topological polar surface area (TPSA) is 84.5 Å². The molecule has 0 unspecified atom stereocenters. The van der Waals surface area contributed by atoms with Crippen LogP contribution in [-0.4, -0.2) is 46.2 Å². The van der Waals surface area contributed by atoms with Gasteiger partial charge >= 0.3 is 6.03 Å². The molecule has 0 aliphatic carbocycles. The van der Waals surface area contributed by atoms with Gasteiger partial charge in [-0.25, -0.2) is 13.2 Å². The molecule has 122 valence electrons. The summed E-state index contributed by atoms with van der Waals surface area (Å²) in [5, 5.41) is 5.50. The van der Waals surface area contributed by atoms with E-state index >= 15 is 0 Å². The smallest absolute Gasteiger partial charge is 0.314 e. The molecule has 1 fully saturated rings. The molecule has 1 heterocycles. The van der Waals surface area contributed by atoms with Crippen molar-refractivity contribution in [3.63, 3.8) is 0 Å². The van der Waals surface area contributed by atoms with Gasteiger partial charge in [0.1, 0.15) is 5.75 Å². The number of rotatable bonds is 6. The number of para-hydroxylation sites is 1. The molecule has 6 nitrogen and oxygen atoms in total. The van der Waals surface area contributed by atoms with E-state index in [9.17, 15) is 13.2 Å². The fourth-order valence-corrected chi connectivity index (χ4v) is 4.41. The van der Waals surface area contributed by atoms with Gasteiger partial charge in [0.15, 0.2) is 9.84 Å². The summed E-state index contributed by atoms with van der Waals surface area (Å²) in [5.74, 6) is 1.24. The predicted molar refractivity (Wildman–Crippen MR) is 84.9 cm³/mol. The Bertz CT molecular complexity index is 616. The van der Waals surface area contributed by atoms with Crippen molar-refractivity contribution in [3.05, 3.63) is 29.8 Å². The van der Waals surface area contributed by atoms with Gasteiger partial charge in [-0.05, 0) is 30.4 Å². The molecule has 0 saturated carbocycles. The minimum atomic E-state index is -2.89. The van der Waals surface area contributed by atoms with E-state index in [0.717, 1.165) is 11.3 Å². The zero-order valence-electron chi connectivity index (χ0n) is 12.7. The number of hydrogen-bond acceptors (Lipinski definition) is 4. The quantitative estimate of drug-likeness (QED) is 0.816. The molecule has 2 amide bonds. The average Bonchev–Trinajstić information content (AvgIpc) is 2.85. The minimum absolute atomic E-state index is 0.0324. The number of ether oxygens (including phenoxy) is 1. The summed E-state index contributed by atoms with van der Waals surface area (Å²) in [5.41, 5.74) is 1.03. The number of methoxy groups -OCH3 is 1. The fourth-order valence-electron chi connectivity index (χ4n) is 2.55. The van der Waals surface area contributed by atoms with Gasteiger partial charge in [0.2, 0.25) is 0 Å². The van der Waals surface area contributed by atoms with Crippen molar-refractivity contribution >= 4 is 15.9 Å². The van der Waals surface area contributed by atoms with Crippen LogP contribution < -0.4 is 15.4 Å². The standard InChI is InChI=1S/C15H22N2O4S/c1-21-14-5-3-2-4-13(14)6-8-16-15(18)17-10-12-7-9-22(19,20)11-12/h2-5,12H,6-11H2,1H3,(H2,16,17,18)/t12-/m0/s1. The summed E-state index contributed by atoms with van der Waals surface area (Å²) in [6.45, 7) is 0.898. The van der Waals surface area contributed by atoms with Crippen LogP contribution in [0.2, 0.25) is 0 Å². The van der Waals surface area contributed by atoms with Crippen molar-refractivity contribution in [1.29, 1.82) is 0 Å². The van der Waals surface area contributed by atoms with Gasteiger partial charge in [-0.15, -0.1) is 0 Å². The van der Waals surface area contributed by atoms with Crippen molar-refractivity contribution in [2.75, 3.05) is 31.7 Å². The Kier molecular flexibility index (Phi) is 5.65. The van der Waals surface area contributed by atoms with E-state index < -0.39 is 9.84 Å². The number of carbonyl (C=O) groups is 1. The lowest BCUT2D eigenvalue weighted by Crippen LogP contribution is -2.39. The molecule has 1 aromatic carbocycles. The highest BCUT2D eigenvalue weighted by Crippen LogP contribution is 2.18. The first kappa shape index (κ1) is 16.6. The first-order valence-corrected chi connectivity index (χ1v) is 9.16. The average molecular weight is 326 g/mol. The monoisotopic (exact) mass is 326 g/mol. The Balaban J connectivity index is 1.68. The van der Waals surface area contributed by atoms with Crippen molar-refractivity contribution in [3.8, 4) is 5.75 Å². The fraction of sp³-hybridized carbons (Fsp3) is 0.533. The molecule has 0 aromatic heterocycles. The van der Waals surface area contributed by atoms with Gasteiger partial charge in [0, 0.05) is 13.1 Å². The van der Waals surface area contributed by atoms with E-state index in [4.69, 9.17) is 4.74 Å². The summed E-state index contributed by atoms with van der Waals surface area (Å²) >= 11 is 0. The number of nitrogens with one attached hydrogen (secondary N) is 2. The third kappa shape index (κ3) is 4.91. The Labute approximate surface area is 131 Å². The van der Waals surface area contributed by atoms with E-state index in [1.165, 1.54) is 0 Å². The van der Waals surface area contributed by atoms with Crippen molar-refractivity contribution in [2.24, 2.45) is 5.92 Å². The van der Waals surface area contributed by atoms with Gasteiger partial charge < -0.3 is 15.4 Å². The second-order valence-corrected chi connectivity index (χ2v) is 7.70. The highest BCUT2D eigenvalue weighted by molar-refractivity contribution is 7.91. The lowest BCUT2D eigenvalue weighted by atomic mass is 10.1. The summed E-state index contributed by atoms with van der Waals surface area (Å²) in [6, 6.07) is 7.41. The predicted octanol–water partition coefficient (Wildman–Crippen LogP) is 0.972. The van der Waals surface area contributed by atoms with Gasteiger partial charge in [-0.3, -0.25) is 0 Å². The number of carbonyl (C=O) groups excluding carboxylic acids is 1. The normalized spacial score (nSPS) is 19.6. The Morgan fingerprint density at radius 3 is 2.77 bits per heavy atom. The molecular weight excluding hydrogens is 304 g/mol. The highest BCUT2D eigenvalue weighted by atomic mass is 32.2. The largest absolute Gasteiger partial charge is 0.496 e. The van der Waals surface area contributed by atoms with Crippen LogP contribution in [0.4, 0.5) is 4.79 Å². The maximum Gasteiger partial charge on any atom is 0.314 e. The molecule has 7 heteroatoms. The molecule has 1 atom stereocenters. The first-order chi connectivity index (χ1) is 10.5. The van der Waals surface area contributed by atoms with Crippen molar-refractivity contribution in [2.45, 2.75) is 12.8 Å². The molecule has 1 aliphatic heterocycles. The van der Waals surface area contributed by atoms with E-state index in [2.05, 4.69) is 10.6 Å². The molecule has 0 spiro atoms. The third-order valence-corrected chi connectivity index (χ3v) is 5.59. The van der Waals surface area contributed by atoms with Gasteiger partial charge in [0.05, 0.1) is 18.6 Å². The van der Waals surface area contributed by atoms with Gasteiger partial charge in [-0.2, -0.15) is 0 Å². The summed E-state index contributed by atoms with van der Waals surface area (Å²) < 4.78 is 27.9. The van der Waals surface area contributed by atoms with Crippen molar-refractivity contribution < 1.29 is 17.9 Å². The number of hydrogen-bond donors (Lipinski definition) is 2. The molecule has 0 bridgehead atoms. The maximum atomic E-state index is 11.7. The lowest BCUT2D eigenvalue weighted by molar-refractivity contribution is 0.239. The number of amides is 2. The molecule has 1 aliphatic rings. The van der Waals surface area contributed by atoms with E-state index in [1.807, 2.05) is 24.3 Å². The Hall–Kier alpha value is -1.76. The van der Waals surface area contributed by atoms with E-state index in [1.54, 1.807) is 7.11 Å². The van der Waals surface area contributed by atoms with Crippen LogP contribution in [0.5, 0.6) is 5.75 Å². The Morgan fingerprint density at radius 2 is 2.09 bits per heavy atom. The Morgan fingerprint density at radius 1 is 1.32 bits per heavy atom. The van der Waals surface area contributed by atoms with Gasteiger partial charge in [-0.1, -0.05) is 18.2 Å². The molecule has 22 heavy (non-hydrogen) atoms. The first-order valence-electron chi connectivity index (χ1n) is 7.34. The van der Waals surface area contributed by atoms with Gasteiger partial charge in [0.25, 0.3) is 0 Å². The molecule has 1 saturated heterocycles. The van der Waals surface area contributed by atoms with Crippen LogP contribution in [-0.2, 0) is 16.3 Å². The van der Waals surface area contributed by atoms with Crippen molar-refractivity contribution in [1.82, 2.24) is 10.6 Å². The summed E-state index contributed by atoms with van der Waals surface area (Å²) in [4.78, 5) is 11.7. The summed E-state index contributed by atoms with van der Waals surface area (Å²) in [7, 11) is -1.27. The molecule has 0 radical (unpaired) electrons. The maximum absolute atomic E-state index is 11.7. The SMILES string of the molecule is COc1ccccc1CCNC(=O)NC[C@@H]1CCS(=O)(=O)C1. The third-order valence-electron chi connectivity index (χ3n) is 3.75. The van der Waals surface area contributed by atoms with Crippen LogP contribution in [0.15, 0.2) is 24.3 Å². The second-order valence-electron chi connectivity index (χ2n) is 5.47. The second kappa shape index (κ2) is 7.49. The minimum Gasteiger partial charge on any atom is -0.496 e. The van der Waals surface area contributed by atoms with Crippen LogP contribution in [0, 0.1) is 5.92 Å². The zero-order valence-corrected chi connectivity index (χ0v) is 13.5. The number of sulfone groups is 1. The zero-order chi connectivity index (χ0) is 16.0. The molecule has 1 aromatic rings. The van der Waals surface area contributed by atoms with Crippen LogP contribution in [0.3, 0.4) is 0 Å². The van der Waals surface area contributed by atoms with E-state index in [-0.39, 0.29) is 23.5 Å². The molecule has 2 rings (SSSR count). The van der Waals surface area contributed by atoms with Crippen LogP contribution >= 0.6 is 0 Å².